The number of rotatable bonds is 2. The third-order valence-electron chi connectivity index (χ3n) is 2.69. The van der Waals surface area contributed by atoms with Gasteiger partial charge < -0.3 is 10.5 Å². The largest absolute Gasteiger partial charge is 0.496 e. The van der Waals surface area contributed by atoms with E-state index in [4.69, 9.17) is 10.5 Å². The number of nitrogens with zero attached hydrogens (tertiary/aromatic N) is 1. The molecule has 3 N–H and O–H groups in total. The van der Waals surface area contributed by atoms with Crippen molar-refractivity contribution in [1.82, 2.24) is 10.2 Å². The third-order valence-corrected chi connectivity index (χ3v) is 3.78. The van der Waals surface area contributed by atoms with Gasteiger partial charge in [0.15, 0.2) is 5.82 Å². The molecule has 0 atom stereocenters. The lowest BCUT2D eigenvalue weighted by molar-refractivity contribution is 0.408. The molecule has 0 spiro atoms. The molecular weight excluding hydrogens is 329 g/mol. The average Bonchev–Trinajstić information content (AvgIpc) is 2.59. The van der Waals surface area contributed by atoms with Crippen molar-refractivity contribution in [3.63, 3.8) is 0 Å². The Kier molecular flexibility index (Phi) is 3.28. The Bertz CT molecular complexity index is 540. The number of aryl methyl sites for hydroxylation is 2. The fourth-order valence-electron chi connectivity index (χ4n) is 1.95. The summed E-state index contributed by atoms with van der Waals surface area (Å²) in [4.78, 5) is 0. The number of hydrogen-bond acceptors (Lipinski definition) is 3. The van der Waals surface area contributed by atoms with Gasteiger partial charge in [-0.15, -0.1) is 0 Å². The molecule has 0 amide bonds. The summed E-state index contributed by atoms with van der Waals surface area (Å²) in [5, 5.41) is 6.97. The Morgan fingerprint density at radius 2 is 1.88 bits per heavy atom. The zero-order valence-corrected chi connectivity index (χ0v) is 12.1. The summed E-state index contributed by atoms with van der Waals surface area (Å²) in [6, 6.07) is 4.14. The van der Waals surface area contributed by atoms with Gasteiger partial charge in [0.25, 0.3) is 0 Å². The van der Waals surface area contributed by atoms with Crippen LogP contribution < -0.4 is 10.5 Å². The first kappa shape index (κ1) is 12.2. The Morgan fingerprint density at radius 3 is 2.29 bits per heavy atom. The monoisotopic (exact) mass is 343 g/mol. The fraction of sp³-hybridized carbons (Fsp3) is 0.250. The first-order valence-electron chi connectivity index (χ1n) is 5.19. The summed E-state index contributed by atoms with van der Waals surface area (Å²) in [6.45, 7) is 4.06. The van der Waals surface area contributed by atoms with Crippen molar-refractivity contribution < 1.29 is 4.74 Å². The Hall–Kier alpha value is -1.24. The molecule has 1 aromatic heterocycles. The van der Waals surface area contributed by atoms with Gasteiger partial charge >= 0.3 is 0 Å². The van der Waals surface area contributed by atoms with Crippen LogP contribution >= 0.6 is 22.6 Å². The highest BCUT2D eigenvalue weighted by Gasteiger charge is 2.12. The van der Waals surface area contributed by atoms with Crippen molar-refractivity contribution in [3.05, 3.63) is 26.8 Å². The molecule has 5 heteroatoms. The molecule has 1 heterocycles. The molecule has 2 aromatic rings. The topological polar surface area (TPSA) is 63.9 Å². The first-order valence-corrected chi connectivity index (χ1v) is 6.27. The second-order valence-corrected chi connectivity index (χ2v) is 5.02. The van der Waals surface area contributed by atoms with Crippen LogP contribution in [-0.2, 0) is 0 Å². The van der Waals surface area contributed by atoms with Crippen LogP contribution in [0.4, 0.5) is 5.82 Å². The summed E-state index contributed by atoms with van der Waals surface area (Å²) in [6.07, 6.45) is 0. The number of nitrogens with one attached hydrogen (secondary N) is 1. The number of aromatic amines is 1. The minimum atomic E-state index is 0.534. The van der Waals surface area contributed by atoms with Gasteiger partial charge in [-0.3, -0.25) is 5.10 Å². The smallest absolute Gasteiger partial charge is 0.159 e. The lowest BCUT2D eigenvalue weighted by Crippen LogP contribution is -1.93. The van der Waals surface area contributed by atoms with Gasteiger partial charge in [0.1, 0.15) is 5.75 Å². The molecule has 17 heavy (non-hydrogen) atoms. The van der Waals surface area contributed by atoms with Crippen LogP contribution in [0, 0.1) is 17.4 Å². The van der Waals surface area contributed by atoms with Gasteiger partial charge in [-0.1, -0.05) is 0 Å². The van der Waals surface area contributed by atoms with Gasteiger partial charge in [0.2, 0.25) is 0 Å². The standard InChI is InChI=1S/C12H14IN3O/c1-6-4-8(5-7(2)11(6)17-3)10-9(13)12(14)16-15-10/h4-5H,1-3H3,(H3,14,15,16). The van der Waals surface area contributed by atoms with E-state index in [0.717, 1.165) is 31.7 Å². The summed E-state index contributed by atoms with van der Waals surface area (Å²) in [7, 11) is 1.69. The SMILES string of the molecule is COc1c(C)cc(-c2[nH]nc(N)c2I)cc1C. The number of benzene rings is 1. The van der Waals surface area contributed by atoms with E-state index in [2.05, 4.69) is 44.9 Å². The van der Waals surface area contributed by atoms with Crippen molar-refractivity contribution in [2.45, 2.75) is 13.8 Å². The van der Waals surface area contributed by atoms with E-state index in [-0.39, 0.29) is 0 Å². The predicted molar refractivity (Wildman–Crippen MR) is 77.2 cm³/mol. The molecule has 1 aromatic carbocycles. The lowest BCUT2D eigenvalue weighted by atomic mass is 10.0. The van der Waals surface area contributed by atoms with Crippen molar-refractivity contribution in [3.8, 4) is 17.0 Å². The van der Waals surface area contributed by atoms with E-state index in [0.29, 0.717) is 5.82 Å². The van der Waals surface area contributed by atoms with E-state index in [1.807, 2.05) is 13.8 Å². The number of nitrogens with two attached hydrogens (primary N) is 1. The molecule has 90 valence electrons. The van der Waals surface area contributed by atoms with Crippen LogP contribution in [0.15, 0.2) is 12.1 Å². The van der Waals surface area contributed by atoms with E-state index in [1.165, 1.54) is 0 Å². The van der Waals surface area contributed by atoms with Crippen LogP contribution in [0.25, 0.3) is 11.3 Å². The molecule has 0 saturated heterocycles. The van der Waals surface area contributed by atoms with Crippen LogP contribution in [0.3, 0.4) is 0 Å². The number of H-pyrrole nitrogens is 1. The maximum Gasteiger partial charge on any atom is 0.159 e. The summed E-state index contributed by atoms with van der Waals surface area (Å²) >= 11 is 2.20. The first-order chi connectivity index (χ1) is 8.04. The van der Waals surface area contributed by atoms with Gasteiger partial charge in [0, 0.05) is 5.56 Å². The number of hydrogen-bond donors (Lipinski definition) is 2. The molecule has 0 radical (unpaired) electrons. The van der Waals surface area contributed by atoms with Gasteiger partial charge in [0.05, 0.1) is 16.4 Å². The zero-order valence-electron chi connectivity index (χ0n) is 9.97. The van der Waals surface area contributed by atoms with E-state index in [9.17, 15) is 0 Å². The molecule has 0 aliphatic heterocycles. The van der Waals surface area contributed by atoms with Crippen LogP contribution in [-0.4, -0.2) is 17.3 Å². The minimum Gasteiger partial charge on any atom is -0.496 e. The Balaban J connectivity index is 2.58. The molecular formula is C12H14IN3O. The molecule has 0 aliphatic rings. The van der Waals surface area contributed by atoms with Gasteiger partial charge in [-0.2, -0.15) is 5.10 Å². The number of ether oxygens (including phenoxy) is 1. The Morgan fingerprint density at radius 1 is 1.29 bits per heavy atom. The van der Waals surface area contributed by atoms with Gasteiger partial charge in [-0.25, -0.2) is 0 Å². The van der Waals surface area contributed by atoms with Crippen LogP contribution in [0.1, 0.15) is 11.1 Å². The fourth-order valence-corrected chi connectivity index (χ4v) is 2.50. The summed E-state index contributed by atoms with van der Waals surface area (Å²) < 4.78 is 6.30. The van der Waals surface area contributed by atoms with Crippen molar-refractivity contribution in [2.75, 3.05) is 12.8 Å². The number of halogens is 1. The third kappa shape index (κ3) is 2.11. The van der Waals surface area contributed by atoms with Crippen molar-refractivity contribution >= 4 is 28.4 Å². The highest BCUT2D eigenvalue weighted by Crippen LogP contribution is 2.32. The number of nitrogen functional groups attached to an aromatic ring is 1. The highest BCUT2D eigenvalue weighted by atomic mass is 127. The lowest BCUT2D eigenvalue weighted by Gasteiger charge is -2.10. The molecule has 0 unspecified atom stereocenters. The summed E-state index contributed by atoms with van der Waals surface area (Å²) in [5.41, 5.74) is 9.98. The van der Waals surface area contributed by atoms with E-state index < -0.39 is 0 Å². The average molecular weight is 343 g/mol. The number of methoxy groups -OCH3 is 1. The normalized spacial score (nSPS) is 10.6. The number of anilines is 1. The summed E-state index contributed by atoms with van der Waals surface area (Å²) in [5.74, 6) is 1.46. The molecule has 2 rings (SSSR count). The molecule has 0 saturated carbocycles. The second-order valence-electron chi connectivity index (χ2n) is 3.94. The maximum atomic E-state index is 5.74. The Labute approximate surface area is 114 Å². The maximum absolute atomic E-state index is 5.74. The van der Waals surface area contributed by atoms with E-state index in [1.54, 1.807) is 7.11 Å². The quantitative estimate of drug-likeness (QED) is 0.825. The van der Waals surface area contributed by atoms with Gasteiger partial charge in [-0.05, 0) is 59.7 Å². The predicted octanol–water partition coefficient (Wildman–Crippen LogP) is 2.89. The zero-order chi connectivity index (χ0) is 12.6. The number of aromatic nitrogens is 2. The highest BCUT2D eigenvalue weighted by molar-refractivity contribution is 14.1. The molecule has 0 bridgehead atoms. The van der Waals surface area contributed by atoms with Crippen LogP contribution in [0.2, 0.25) is 0 Å². The minimum absolute atomic E-state index is 0.534. The second kappa shape index (κ2) is 4.56. The van der Waals surface area contributed by atoms with E-state index >= 15 is 0 Å². The molecule has 0 aliphatic carbocycles. The molecule has 4 nitrogen and oxygen atoms in total. The molecule has 0 fully saturated rings. The van der Waals surface area contributed by atoms with Crippen LogP contribution in [0.5, 0.6) is 5.75 Å². The van der Waals surface area contributed by atoms with Crippen molar-refractivity contribution in [2.24, 2.45) is 0 Å². The van der Waals surface area contributed by atoms with Crippen molar-refractivity contribution in [1.29, 1.82) is 0 Å².